The van der Waals surface area contributed by atoms with Gasteiger partial charge in [-0.15, -0.1) is 0 Å². The number of hydrogen-bond acceptors (Lipinski definition) is 5. The quantitative estimate of drug-likeness (QED) is 0.760. The monoisotopic (exact) mass is 309 g/mol. The third kappa shape index (κ3) is 4.79. The second kappa shape index (κ2) is 7.52. The van der Waals surface area contributed by atoms with E-state index in [-0.39, 0.29) is 17.5 Å². The SMILES string of the molecule is NCC#Cc1cncc(S(=O)(=O)NCCC2CCCO2)c1. The van der Waals surface area contributed by atoms with Gasteiger partial charge in [-0.25, -0.2) is 13.1 Å². The molecule has 1 fully saturated rings. The first-order valence-electron chi connectivity index (χ1n) is 6.87. The van der Waals surface area contributed by atoms with Crippen molar-refractivity contribution in [2.75, 3.05) is 19.7 Å². The number of nitrogens with zero attached hydrogens (tertiary/aromatic N) is 1. The molecule has 114 valence electrons. The fourth-order valence-electron chi connectivity index (χ4n) is 2.10. The van der Waals surface area contributed by atoms with E-state index in [0.29, 0.717) is 18.5 Å². The number of pyridine rings is 1. The summed E-state index contributed by atoms with van der Waals surface area (Å²) >= 11 is 0. The summed E-state index contributed by atoms with van der Waals surface area (Å²) in [6.07, 6.45) is 5.69. The predicted octanol–water partition coefficient (Wildman–Crippen LogP) is 0.239. The first-order valence-corrected chi connectivity index (χ1v) is 8.35. The Bertz CT molecular complexity index is 628. The standard InChI is InChI=1S/C14H19N3O3S/c15-6-1-3-12-9-14(11-16-10-12)21(18,19)17-7-5-13-4-2-8-20-13/h9-11,13,17H,2,4-8,15H2. The summed E-state index contributed by atoms with van der Waals surface area (Å²) in [7, 11) is -3.57. The normalized spacial score (nSPS) is 18.2. The van der Waals surface area contributed by atoms with Crippen molar-refractivity contribution >= 4 is 10.0 Å². The third-order valence-electron chi connectivity index (χ3n) is 3.14. The highest BCUT2D eigenvalue weighted by molar-refractivity contribution is 7.89. The van der Waals surface area contributed by atoms with Crippen LogP contribution in [0.2, 0.25) is 0 Å². The van der Waals surface area contributed by atoms with E-state index in [2.05, 4.69) is 21.5 Å². The molecule has 0 amide bonds. The molecule has 1 aromatic heterocycles. The molecule has 1 aromatic rings. The molecule has 1 unspecified atom stereocenters. The molecule has 1 saturated heterocycles. The van der Waals surface area contributed by atoms with Gasteiger partial charge in [-0.3, -0.25) is 4.98 Å². The maximum atomic E-state index is 12.2. The molecule has 0 spiro atoms. The molecule has 2 heterocycles. The van der Waals surface area contributed by atoms with Gasteiger partial charge in [-0.05, 0) is 25.3 Å². The number of hydrogen-bond donors (Lipinski definition) is 2. The van der Waals surface area contributed by atoms with Crippen molar-refractivity contribution in [3.05, 3.63) is 24.0 Å². The van der Waals surface area contributed by atoms with Gasteiger partial charge in [0, 0.05) is 31.1 Å². The molecular weight excluding hydrogens is 290 g/mol. The van der Waals surface area contributed by atoms with E-state index < -0.39 is 10.0 Å². The van der Waals surface area contributed by atoms with Gasteiger partial charge < -0.3 is 10.5 Å². The number of nitrogens with two attached hydrogens (primary N) is 1. The van der Waals surface area contributed by atoms with Crippen LogP contribution in [0.5, 0.6) is 0 Å². The van der Waals surface area contributed by atoms with Crippen LogP contribution < -0.4 is 10.5 Å². The largest absolute Gasteiger partial charge is 0.378 e. The molecule has 1 aliphatic heterocycles. The van der Waals surface area contributed by atoms with Crippen LogP contribution in [-0.2, 0) is 14.8 Å². The fraction of sp³-hybridized carbons (Fsp3) is 0.500. The lowest BCUT2D eigenvalue weighted by Gasteiger charge is -2.10. The molecule has 0 radical (unpaired) electrons. The zero-order chi connectivity index (χ0) is 15.1. The predicted molar refractivity (Wildman–Crippen MR) is 78.9 cm³/mol. The van der Waals surface area contributed by atoms with Gasteiger partial charge >= 0.3 is 0 Å². The number of aromatic nitrogens is 1. The number of sulfonamides is 1. The number of ether oxygens (including phenoxy) is 1. The summed E-state index contributed by atoms with van der Waals surface area (Å²) in [4.78, 5) is 4.01. The van der Waals surface area contributed by atoms with E-state index in [0.717, 1.165) is 19.4 Å². The van der Waals surface area contributed by atoms with Crippen molar-refractivity contribution in [1.82, 2.24) is 9.71 Å². The molecule has 1 aliphatic rings. The van der Waals surface area contributed by atoms with E-state index >= 15 is 0 Å². The van der Waals surface area contributed by atoms with Gasteiger partial charge in [0.2, 0.25) is 10.0 Å². The Labute approximate surface area is 125 Å². The Balaban J connectivity index is 1.97. The lowest BCUT2D eigenvalue weighted by Crippen LogP contribution is -2.27. The van der Waals surface area contributed by atoms with E-state index in [4.69, 9.17) is 10.5 Å². The maximum Gasteiger partial charge on any atom is 0.242 e. The summed E-state index contributed by atoms with van der Waals surface area (Å²) in [6, 6.07) is 1.49. The Morgan fingerprint density at radius 3 is 3.05 bits per heavy atom. The Kier molecular flexibility index (Phi) is 5.70. The summed E-state index contributed by atoms with van der Waals surface area (Å²) < 4.78 is 32.4. The van der Waals surface area contributed by atoms with Crippen molar-refractivity contribution in [3.63, 3.8) is 0 Å². The lowest BCUT2D eigenvalue weighted by molar-refractivity contribution is 0.105. The smallest absolute Gasteiger partial charge is 0.242 e. The summed E-state index contributed by atoms with van der Waals surface area (Å²) in [5.41, 5.74) is 5.82. The average Bonchev–Trinajstić information content (AvgIpc) is 2.98. The van der Waals surface area contributed by atoms with Gasteiger partial charge in [0.1, 0.15) is 4.90 Å². The molecule has 0 aliphatic carbocycles. The van der Waals surface area contributed by atoms with Gasteiger partial charge in [0.25, 0.3) is 0 Å². The average molecular weight is 309 g/mol. The second-order valence-electron chi connectivity index (χ2n) is 4.74. The number of nitrogens with one attached hydrogen (secondary N) is 1. The zero-order valence-corrected chi connectivity index (χ0v) is 12.5. The van der Waals surface area contributed by atoms with Crippen LogP contribution in [0.25, 0.3) is 0 Å². The van der Waals surface area contributed by atoms with Gasteiger partial charge in [0.15, 0.2) is 0 Å². The van der Waals surface area contributed by atoms with Crippen molar-refractivity contribution in [1.29, 1.82) is 0 Å². The van der Waals surface area contributed by atoms with Crippen LogP contribution in [0, 0.1) is 11.8 Å². The molecule has 0 saturated carbocycles. The third-order valence-corrected chi connectivity index (χ3v) is 4.57. The highest BCUT2D eigenvalue weighted by atomic mass is 32.2. The lowest BCUT2D eigenvalue weighted by atomic mass is 10.2. The van der Waals surface area contributed by atoms with Gasteiger partial charge in [-0.2, -0.15) is 0 Å². The van der Waals surface area contributed by atoms with E-state index in [1.807, 2.05) is 0 Å². The molecule has 1 atom stereocenters. The van der Waals surface area contributed by atoms with Crippen LogP contribution in [0.4, 0.5) is 0 Å². The van der Waals surface area contributed by atoms with E-state index in [1.54, 1.807) is 0 Å². The Morgan fingerprint density at radius 1 is 1.48 bits per heavy atom. The van der Waals surface area contributed by atoms with Crippen molar-refractivity contribution in [2.45, 2.75) is 30.3 Å². The highest BCUT2D eigenvalue weighted by Gasteiger charge is 2.18. The summed E-state index contributed by atoms with van der Waals surface area (Å²) in [5, 5.41) is 0. The molecule has 7 heteroatoms. The molecular formula is C14H19N3O3S. The van der Waals surface area contributed by atoms with Crippen molar-refractivity contribution < 1.29 is 13.2 Å². The minimum atomic E-state index is -3.57. The van der Waals surface area contributed by atoms with Crippen LogP contribution in [-0.4, -0.2) is 39.2 Å². The van der Waals surface area contributed by atoms with Crippen LogP contribution in [0.15, 0.2) is 23.4 Å². The van der Waals surface area contributed by atoms with E-state index in [9.17, 15) is 8.42 Å². The molecule has 0 bridgehead atoms. The molecule has 3 N–H and O–H groups in total. The fourth-order valence-corrected chi connectivity index (χ4v) is 3.13. The van der Waals surface area contributed by atoms with Crippen molar-refractivity contribution in [3.8, 4) is 11.8 Å². The minimum absolute atomic E-state index is 0.110. The zero-order valence-electron chi connectivity index (χ0n) is 11.7. The van der Waals surface area contributed by atoms with Crippen molar-refractivity contribution in [2.24, 2.45) is 5.73 Å². The highest BCUT2D eigenvalue weighted by Crippen LogP contribution is 2.15. The summed E-state index contributed by atoms with van der Waals surface area (Å²) in [6.45, 7) is 1.34. The van der Waals surface area contributed by atoms with E-state index in [1.165, 1.54) is 18.5 Å². The van der Waals surface area contributed by atoms with Gasteiger partial charge in [-0.1, -0.05) is 11.8 Å². The topological polar surface area (TPSA) is 94.3 Å². The van der Waals surface area contributed by atoms with Gasteiger partial charge in [0.05, 0.1) is 12.6 Å². The minimum Gasteiger partial charge on any atom is -0.378 e. The first-order chi connectivity index (χ1) is 10.1. The van der Waals surface area contributed by atoms with Crippen LogP contribution in [0.3, 0.4) is 0 Å². The summed E-state index contributed by atoms with van der Waals surface area (Å²) in [5.74, 6) is 5.44. The maximum absolute atomic E-state index is 12.2. The molecule has 6 nitrogen and oxygen atoms in total. The van der Waals surface area contributed by atoms with Crippen LogP contribution in [0.1, 0.15) is 24.8 Å². The molecule has 2 rings (SSSR count). The Hall–Kier alpha value is -1.46. The molecule has 0 aromatic carbocycles. The molecule has 21 heavy (non-hydrogen) atoms. The van der Waals surface area contributed by atoms with Crippen LogP contribution >= 0.6 is 0 Å². The Morgan fingerprint density at radius 2 is 2.33 bits per heavy atom. The number of rotatable bonds is 5. The first kappa shape index (κ1) is 15.9. The second-order valence-corrected chi connectivity index (χ2v) is 6.50.